The zero-order chi connectivity index (χ0) is 36.0. The standard InChI is InChI=1S/C36H42ClF2N9O2/c1-21(2)16-26(49)13-15-30(23-8-14-28(37)27(17-23)31-41-20-43-47(31)33(38)39)46-32(50)36(44-34(46)40,19-35(3,4)5)24-9-6-22(7-10-24)29-18-42-48(45-29)25-11-12-25/h6-10,14,17-18,20-21,25,30,33H,11-13,15-16,19H2,1-5H3,(H2,40,44)/t30-,36-/m1/s1. The molecule has 3 heterocycles. The van der Waals surface area contributed by atoms with Crippen molar-refractivity contribution in [1.82, 2.24) is 34.7 Å². The smallest absolute Gasteiger partial charge is 0.335 e. The van der Waals surface area contributed by atoms with Crippen LogP contribution in [0.2, 0.25) is 5.02 Å². The molecule has 4 aromatic rings. The van der Waals surface area contributed by atoms with Gasteiger partial charge in [-0.3, -0.25) is 14.5 Å². The van der Waals surface area contributed by atoms with Gasteiger partial charge in [-0.1, -0.05) is 76.6 Å². The van der Waals surface area contributed by atoms with Crippen LogP contribution in [0.15, 0.2) is 60.0 Å². The first-order valence-corrected chi connectivity index (χ1v) is 17.3. The fourth-order valence-electron chi connectivity index (χ4n) is 6.69. The summed E-state index contributed by atoms with van der Waals surface area (Å²) < 4.78 is 28.1. The molecule has 1 amide bonds. The van der Waals surface area contributed by atoms with Gasteiger partial charge in [-0.15, -0.1) is 0 Å². The van der Waals surface area contributed by atoms with Crippen LogP contribution in [-0.2, 0) is 15.1 Å². The Labute approximate surface area is 294 Å². The van der Waals surface area contributed by atoms with Crippen LogP contribution in [-0.4, -0.2) is 52.3 Å². The molecule has 2 aliphatic rings. The molecule has 2 aromatic carbocycles. The van der Waals surface area contributed by atoms with E-state index in [1.165, 1.54) is 4.90 Å². The average Bonchev–Trinajstić information content (AvgIpc) is 3.45. The topological polar surface area (TPSA) is 137 Å². The summed E-state index contributed by atoms with van der Waals surface area (Å²) in [5.41, 5.74) is 8.00. The molecule has 11 nitrogen and oxygen atoms in total. The van der Waals surface area contributed by atoms with Crippen LogP contribution >= 0.6 is 11.6 Å². The molecule has 1 aliphatic heterocycles. The molecule has 2 N–H and O–H groups in total. The Kier molecular flexibility index (Phi) is 9.64. The number of hydrogen-bond acceptors (Lipinski definition) is 8. The highest BCUT2D eigenvalue weighted by Crippen LogP contribution is 2.46. The van der Waals surface area contributed by atoms with Gasteiger partial charge < -0.3 is 5.73 Å². The Morgan fingerprint density at radius 3 is 2.46 bits per heavy atom. The Hall–Kier alpha value is -4.52. The fourth-order valence-corrected chi connectivity index (χ4v) is 6.89. The predicted molar refractivity (Wildman–Crippen MR) is 186 cm³/mol. The maximum atomic E-state index is 15.0. The van der Waals surface area contributed by atoms with Crippen LogP contribution in [0.5, 0.6) is 0 Å². The molecule has 2 aromatic heterocycles. The summed E-state index contributed by atoms with van der Waals surface area (Å²) in [7, 11) is 0. The van der Waals surface area contributed by atoms with Gasteiger partial charge in [0.05, 0.1) is 23.3 Å². The number of amides is 1. The van der Waals surface area contributed by atoms with Gasteiger partial charge >= 0.3 is 6.55 Å². The first kappa shape index (κ1) is 35.3. The number of nitrogens with two attached hydrogens (primary N) is 1. The molecule has 1 fully saturated rings. The molecule has 1 aliphatic carbocycles. The second-order valence-electron chi connectivity index (χ2n) is 14.8. The number of nitrogens with zero attached hydrogens (tertiary/aromatic N) is 8. The molecule has 2 atom stereocenters. The second kappa shape index (κ2) is 13.7. The lowest BCUT2D eigenvalue weighted by molar-refractivity contribution is -0.135. The molecule has 0 bridgehead atoms. The van der Waals surface area contributed by atoms with Crippen molar-refractivity contribution in [2.75, 3.05) is 0 Å². The van der Waals surface area contributed by atoms with E-state index in [1.807, 2.05) is 58.9 Å². The number of rotatable bonds is 13. The summed E-state index contributed by atoms with van der Waals surface area (Å²) in [6, 6.07) is 12.1. The van der Waals surface area contributed by atoms with E-state index in [-0.39, 0.29) is 58.2 Å². The summed E-state index contributed by atoms with van der Waals surface area (Å²) in [5.74, 6) is -0.274. The van der Waals surface area contributed by atoms with Crippen molar-refractivity contribution in [3.8, 4) is 22.6 Å². The van der Waals surface area contributed by atoms with Crippen LogP contribution in [0.1, 0.15) is 103 Å². The van der Waals surface area contributed by atoms with Crippen molar-refractivity contribution in [2.45, 2.75) is 97.3 Å². The molecule has 14 heteroatoms. The van der Waals surface area contributed by atoms with Crippen LogP contribution in [0.3, 0.4) is 0 Å². The maximum Gasteiger partial charge on any atom is 0.335 e. The van der Waals surface area contributed by atoms with Crippen molar-refractivity contribution in [2.24, 2.45) is 22.1 Å². The highest BCUT2D eigenvalue weighted by atomic mass is 35.5. The SMILES string of the molecule is CC(C)CC(=O)CC[C@H](c1ccc(Cl)c(-c2ncnn2C(F)F)c1)N1C(=O)[C@@](CC(C)(C)C)(c2ccc(-c3cnn(C4CC4)n3)cc2)N=C1N. The predicted octanol–water partition coefficient (Wildman–Crippen LogP) is 7.51. The molecular formula is C36H42ClF2N9O2. The number of ketones is 1. The molecular weight excluding hydrogens is 664 g/mol. The molecule has 0 radical (unpaired) electrons. The minimum absolute atomic E-state index is 0.00394. The summed E-state index contributed by atoms with van der Waals surface area (Å²) in [4.78, 5) is 40.2. The van der Waals surface area contributed by atoms with Gasteiger partial charge in [0, 0.05) is 24.0 Å². The number of carbonyl (C=O) groups is 2. The first-order valence-electron chi connectivity index (χ1n) is 16.9. The highest BCUT2D eigenvalue weighted by molar-refractivity contribution is 6.33. The van der Waals surface area contributed by atoms with Crippen LogP contribution in [0.25, 0.3) is 22.6 Å². The number of alkyl halides is 2. The monoisotopic (exact) mass is 705 g/mol. The second-order valence-corrected chi connectivity index (χ2v) is 15.2. The number of benzene rings is 2. The number of halogens is 3. The van der Waals surface area contributed by atoms with E-state index in [1.54, 1.807) is 29.2 Å². The third-order valence-corrected chi connectivity index (χ3v) is 9.30. The number of aliphatic imine (C=N–C) groups is 1. The number of guanidine groups is 1. The van der Waals surface area contributed by atoms with Crippen molar-refractivity contribution in [3.05, 3.63) is 71.1 Å². The lowest BCUT2D eigenvalue weighted by atomic mass is 9.75. The Bertz CT molecular complexity index is 1910. The average molecular weight is 706 g/mol. The molecule has 1 saturated carbocycles. The molecule has 6 rings (SSSR count). The summed E-state index contributed by atoms with van der Waals surface area (Å²) in [5, 5.41) is 12.9. The van der Waals surface area contributed by atoms with Gasteiger partial charge in [0.2, 0.25) is 0 Å². The third-order valence-electron chi connectivity index (χ3n) is 8.97. The third kappa shape index (κ3) is 7.19. The van der Waals surface area contributed by atoms with Gasteiger partial charge in [-0.25, -0.2) is 9.98 Å². The highest BCUT2D eigenvalue weighted by Gasteiger charge is 2.53. The van der Waals surface area contributed by atoms with Crippen molar-refractivity contribution in [1.29, 1.82) is 0 Å². The van der Waals surface area contributed by atoms with Crippen molar-refractivity contribution >= 4 is 29.3 Å². The van der Waals surface area contributed by atoms with E-state index in [0.29, 0.717) is 34.7 Å². The quantitative estimate of drug-likeness (QED) is 0.152. The van der Waals surface area contributed by atoms with E-state index in [2.05, 4.69) is 20.3 Å². The molecule has 0 unspecified atom stereocenters. The van der Waals surface area contributed by atoms with Crippen LogP contribution < -0.4 is 5.73 Å². The summed E-state index contributed by atoms with van der Waals surface area (Å²) in [6.07, 6.45) is 6.02. The van der Waals surface area contributed by atoms with Gasteiger partial charge in [-0.05, 0) is 60.3 Å². The number of Topliss-reactive ketones (excluding diaryl/α,β-unsaturated/α-hetero) is 1. The zero-order valence-corrected chi connectivity index (χ0v) is 29.6. The van der Waals surface area contributed by atoms with Crippen LogP contribution in [0, 0.1) is 11.3 Å². The maximum absolute atomic E-state index is 15.0. The van der Waals surface area contributed by atoms with E-state index in [4.69, 9.17) is 22.3 Å². The van der Waals surface area contributed by atoms with Crippen LogP contribution in [0.4, 0.5) is 8.78 Å². The Morgan fingerprint density at radius 2 is 1.82 bits per heavy atom. The molecule has 0 saturated heterocycles. The molecule has 264 valence electrons. The summed E-state index contributed by atoms with van der Waals surface area (Å²) >= 11 is 6.53. The van der Waals surface area contributed by atoms with Crippen molar-refractivity contribution in [3.63, 3.8) is 0 Å². The fraction of sp³-hybridized carbons (Fsp3) is 0.472. The van der Waals surface area contributed by atoms with Gasteiger partial charge in [0.1, 0.15) is 17.8 Å². The Morgan fingerprint density at radius 1 is 1.10 bits per heavy atom. The number of hydrogen-bond donors (Lipinski definition) is 1. The van der Waals surface area contributed by atoms with E-state index in [0.717, 1.165) is 30.4 Å². The minimum atomic E-state index is -2.95. The minimum Gasteiger partial charge on any atom is -0.369 e. The number of carbonyl (C=O) groups excluding carboxylic acids is 2. The lowest BCUT2D eigenvalue weighted by Crippen LogP contribution is -2.46. The van der Waals surface area contributed by atoms with Gasteiger partial charge in [-0.2, -0.15) is 33.6 Å². The number of aromatic nitrogens is 6. The summed E-state index contributed by atoms with van der Waals surface area (Å²) in [6.45, 7) is 7.09. The molecule has 0 spiro atoms. The van der Waals surface area contributed by atoms with E-state index < -0.39 is 18.1 Å². The Balaban J connectivity index is 1.40. The molecule has 50 heavy (non-hydrogen) atoms. The van der Waals surface area contributed by atoms with Crippen molar-refractivity contribution < 1.29 is 18.4 Å². The van der Waals surface area contributed by atoms with Gasteiger partial charge in [0.25, 0.3) is 5.91 Å². The first-order chi connectivity index (χ1) is 23.7. The van der Waals surface area contributed by atoms with E-state index in [9.17, 15) is 18.4 Å². The van der Waals surface area contributed by atoms with E-state index >= 15 is 0 Å². The zero-order valence-electron chi connectivity index (χ0n) is 28.9. The normalized spacial score (nSPS) is 18.7. The van der Waals surface area contributed by atoms with Gasteiger partial charge in [0.15, 0.2) is 17.3 Å². The largest absolute Gasteiger partial charge is 0.369 e. The lowest BCUT2D eigenvalue weighted by Gasteiger charge is -2.35.